The molecule has 2 aliphatic rings. The minimum Gasteiger partial charge on any atom is -0.355 e. The molecule has 2 saturated heterocycles. The average molecular weight is 210 g/mol. The van der Waals surface area contributed by atoms with Gasteiger partial charge in [0, 0.05) is 37.4 Å². The zero-order chi connectivity index (χ0) is 11.1. The molecule has 2 aliphatic heterocycles. The number of amides is 2. The van der Waals surface area contributed by atoms with Crippen LogP contribution in [-0.2, 0) is 9.59 Å². The second kappa shape index (κ2) is 3.51. The Hall–Kier alpha value is -1.06. The van der Waals surface area contributed by atoms with Crippen LogP contribution in [0.1, 0.15) is 26.7 Å². The monoisotopic (exact) mass is 210 g/mol. The summed E-state index contributed by atoms with van der Waals surface area (Å²) in [6.45, 7) is 6.15. The number of likely N-dealkylation sites (tertiary alicyclic amines) is 1. The average Bonchev–Trinajstić information content (AvgIpc) is 2.74. The largest absolute Gasteiger partial charge is 0.355 e. The van der Waals surface area contributed by atoms with E-state index < -0.39 is 0 Å². The van der Waals surface area contributed by atoms with Crippen LogP contribution in [0.2, 0.25) is 0 Å². The maximum Gasteiger partial charge on any atom is 0.225 e. The van der Waals surface area contributed by atoms with E-state index in [-0.39, 0.29) is 23.1 Å². The third-order valence-corrected chi connectivity index (χ3v) is 3.44. The molecule has 0 aromatic heterocycles. The first-order chi connectivity index (χ1) is 7.02. The fraction of sp³-hybridized carbons (Fsp3) is 0.818. The standard InChI is InChI=1S/C11H18N2O2/c1-8(2)10(15)13-4-3-11(7-13)5-9(14)12-6-11/h8H,3-7H2,1-2H3,(H,12,14). The van der Waals surface area contributed by atoms with E-state index in [9.17, 15) is 9.59 Å². The zero-order valence-electron chi connectivity index (χ0n) is 9.38. The van der Waals surface area contributed by atoms with Crippen LogP contribution < -0.4 is 5.32 Å². The van der Waals surface area contributed by atoms with E-state index in [2.05, 4.69) is 5.32 Å². The van der Waals surface area contributed by atoms with Gasteiger partial charge in [-0.2, -0.15) is 0 Å². The highest BCUT2D eigenvalue weighted by atomic mass is 16.2. The highest BCUT2D eigenvalue weighted by Crippen LogP contribution is 2.36. The fourth-order valence-electron chi connectivity index (χ4n) is 2.53. The van der Waals surface area contributed by atoms with Crippen LogP contribution in [0.15, 0.2) is 0 Å². The molecule has 0 aliphatic carbocycles. The molecule has 1 spiro atoms. The fourth-order valence-corrected chi connectivity index (χ4v) is 2.53. The molecule has 2 fully saturated rings. The molecule has 4 heteroatoms. The molecule has 0 radical (unpaired) electrons. The summed E-state index contributed by atoms with van der Waals surface area (Å²) >= 11 is 0. The molecule has 1 unspecified atom stereocenters. The lowest BCUT2D eigenvalue weighted by Gasteiger charge is -2.22. The Morgan fingerprint density at radius 2 is 2.27 bits per heavy atom. The highest BCUT2D eigenvalue weighted by Gasteiger charge is 2.45. The van der Waals surface area contributed by atoms with Gasteiger partial charge in [0.25, 0.3) is 0 Å². The molecule has 0 saturated carbocycles. The quantitative estimate of drug-likeness (QED) is 0.680. The molecule has 15 heavy (non-hydrogen) atoms. The van der Waals surface area contributed by atoms with Crippen molar-refractivity contribution in [3.8, 4) is 0 Å². The summed E-state index contributed by atoms with van der Waals surface area (Å²) < 4.78 is 0. The SMILES string of the molecule is CC(C)C(=O)N1CCC2(CNC(=O)C2)C1. The van der Waals surface area contributed by atoms with Crippen LogP contribution in [0.3, 0.4) is 0 Å². The van der Waals surface area contributed by atoms with Crippen LogP contribution >= 0.6 is 0 Å². The van der Waals surface area contributed by atoms with Crippen molar-refractivity contribution in [3.63, 3.8) is 0 Å². The van der Waals surface area contributed by atoms with Crippen LogP contribution in [0.4, 0.5) is 0 Å². The third-order valence-electron chi connectivity index (χ3n) is 3.44. The lowest BCUT2D eigenvalue weighted by atomic mass is 9.86. The Kier molecular flexibility index (Phi) is 2.44. The Bertz CT molecular complexity index is 301. The first-order valence-electron chi connectivity index (χ1n) is 5.58. The van der Waals surface area contributed by atoms with Gasteiger partial charge in [0.05, 0.1) is 0 Å². The number of nitrogens with zero attached hydrogens (tertiary/aromatic N) is 1. The summed E-state index contributed by atoms with van der Waals surface area (Å²) in [6, 6.07) is 0. The van der Waals surface area contributed by atoms with Crippen LogP contribution in [0, 0.1) is 11.3 Å². The van der Waals surface area contributed by atoms with E-state index in [0.29, 0.717) is 6.42 Å². The molecule has 0 aromatic carbocycles. The van der Waals surface area contributed by atoms with Gasteiger partial charge >= 0.3 is 0 Å². The number of nitrogens with one attached hydrogen (secondary N) is 1. The smallest absolute Gasteiger partial charge is 0.225 e. The van der Waals surface area contributed by atoms with Crippen molar-refractivity contribution in [1.29, 1.82) is 0 Å². The molecular formula is C11H18N2O2. The van der Waals surface area contributed by atoms with Crippen molar-refractivity contribution in [1.82, 2.24) is 10.2 Å². The van der Waals surface area contributed by atoms with Gasteiger partial charge in [0.15, 0.2) is 0 Å². The Morgan fingerprint density at radius 1 is 1.53 bits per heavy atom. The Labute approximate surface area is 90.0 Å². The topological polar surface area (TPSA) is 49.4 Å². The lowest BCUT2D eigenvalue weighted by molar-refractivity contribution is -0.133. The van der Waals surface area contributed by atoms with E-state index >= 15 is 0 Å². The molecule has 1 atom stereocenters. The van der Waals surface area contributed by atoms with Crippen LogP contribution in [-0.4, -0.2) is 36.3 Å². The van der Waals surface area contributed by atoms with Crippen molar-refractivity contribution in [3.05, 3.63) is 0 Å². The highest BCUT2D eigenvalue weighted by molar-refractivity contribution is 5.81. The summed E-state index contributed by atoms with van der Waals surface area (Å²) in [4.78, 5) is 24.9. The van der Waals surface area contributed by atoms with Gasteiger partial charge in [0.2, 0.25) is 11.8 Å². The van der Waals surface area contributed by atoms with Gasteiger partial charge in [-0.15, -0.1) is 0 Å². The molecule has 2 amide bonds. The van der Waals surface area contributed by atoms with Crippen molar-refractivity contribution < 1.29 is 9.59 Å². The number of carbonyl (C=O) groups excluding carboxylic acids is 2. The van der Waals surface area contributed by atoms with Gasteiger partial charge in [-0.25, -0.2) is 0 Å². The van der Waals surface area contributed by atoms with E-state index in [1.807, 2.05) is 18.7 Å². The molecule has 4 nitrogen and oxygen atoms in total. The van der Waals surface area contributed by atoms with Crippen molar-refractivity contribution in [2.45, 2.75) is 26.7 Å². The summed E-state index contributed by atoms with van der Waals surface area (Å²) in [7, 11) is 0. The lowest BCUT2D eigenvalue weighted by Crippen LogP contribution is -2.35. The number of carbonyl (C=O) groups is 2. The second-order valence-corrected chi connectivity index (χ2v) is 5.12. The minimum absolute atomic E-state index is 0.0433. The second-order valence-electron chi connectivity index (χ2n) is 5.12. The molecule has 2 rings (SSSR count). The Balaban J connectivity index is 2.00. The molecule has 1 N–H and O–H groups in total. The minimum atomic E-state index is 0.0433. The van der Waals surface area contributed by atoms with Crippen LogP contribution in [0.5, 0.6) is 0 Å². The first kappa shape index (κ1) is 10.5. The van der Waals surface area contributed by atoms with E-state index in [0.717, 1.165) is 26.1 Å². The third kappa shape index (κ3) is 1.85. The van der Waals surface area contributed by atoms with E-state index in [1.54, 1.807) is 0 Å². The number of hydrogen-bond acceptors (Lipinski definition) is 2. The summed E-state index contributed by atoms with van der Waals surface area (Å²) in [5.74, 6) is 0.408. The summed E-state index contributed by atoms with van der Waals surface area (Å²) in [5, 5.41) is 2.86. The predicted octanol–water partition coefficient (Wildman–Crippen LogP) is 0.381. The van der Waals surface area contributed by atoms with E-state index in [1.165, 1.54) is 0 Å². The van der Waals surface area contributed by atoms with Crippen molar-refractivity contribution in [2.75, 3.05) is 19.6 Å². The molecular weight excluding hydrogens is 192 g/mol. The van der Waals surface area contributed by atoms with Crippen LogP contribution in [0.25, 0.3) is 0 Å². The molecule has 2 heterocycles. The van der Waals surface area contributed by atoms with Crippen molar-refractivity contribution in [2.24, 2.45) is 11.3 Å². The van der Waals surface area contributed by atoms with E-state index in [4.69, 9.17) is 0 Å². The number of rotatable bonds is 1. The molecule has 84 valence electrons. The van der Waals surface area contributed by atoms with Gasteiger partial charge in [-0.05, 0) is 6.42 Å². The summed E-state index contributed by atoms with van der Waals surface area (Å²) in [5.41, 5.74) is 0.0433. The zero-order valence-corrected chi connectivity index (χ0v) is 9.38. The maximum atomic E-state index is 11.8. The Morgan fingerprint density at radius 3 is 2.80 bits per heavy atom. The maximum absolute atomic E-state index is 11.8. The normalized spacial score (nSPS) is 30.3. The molecule has 0 bridgehead atoms. The van der Waals surface area contributed by atoms with Gasteiger partial charge < -0.3 is 10.2 Å². The summed E-state index contributed by atoms with van der Waals surface area (Å²) in [6.07, 6.45) is 1.55. The predicted molar refractivity (Wildman–Crippen MR) is 56.1 cm³/mol. The first-order valence-corrected chi connectivity index (χ1v) is 5.58. The van der Waals surface area contributed by atoms with Gasteiger partial charge in [0.1, 0.15) is 0 Å². The number of hydrogen-bond donors (Lipinski definition) is 1. The van der Waals surface area contributed by atoms with Gasteiger partial charge in [-0.3, -0.25) is 9.59 Å². The van der Waals surface area contributed by atoms with Gasteiger partial charge in [-0.1, -0.05) is 13.8 Å². The molecule has 0 aromatic rings. The van der Waals surface area contributed by atoms with Crippen molar-refractivity contribution >= 4 is 11.8 Å².